The minimum Gasteiger partial charge on any atom is -0.324 e. The zero-order chi connectivity index (χ0) is 13.2. The Morgan fingerprint density at radius 1 is 1.16 bits per heavy atom. The molecule has 96 valence electrons. The first kappa shape index (κ1) is 12.3. The molecule has 0 aliphatic carbocycles. The number of fused-ring (bicyclic) bond motifs is 1. The zero-order valence-corrected chi connectivity index (χ0v) is 11.7. The second-order valence-corrected chi connectivity index (χ2v) is 5.92. The Balaban J connectivity index is 1.85. The molecule has 2 N–H and O–H groups in total. The fourth-order valence-corrected chi connectivity index (χ4v) is 3.18. The summed E-state index contributed by atoms with van der Waals surface area (Å²) in [6.07, 6.45) is 0.794. The summed E-state index contributed by atoms with van der Waals surface area (Å²) in [7, 11) is 0. The number of hydrogen-bond donors (Lipinski definition) is 1. The van der Waals surface area contributed by atoms with Crippen LogP contribution in [0.4, 0.5) is 0 Å². The molecule has 2 nitrogen and oxygen atoms in total. The monoisotopic (exact) mass is 268 g/mol. The van der Waals surface area contributed by atoms with E-state index in [4.69, 9.17) is 5.73 Å². The molecule has 0 saturated heterocycles. The number of thiazole rings is 1. The molecule has 3 rings (SSSR count). The molecule has 0 aliphatic heterocycles. The highest BCUT2D eigenvalue weighted by molar-refractivity contribution is 7.18. The molecule has 3 aromatic rings. The first-order valence-corrected chi connectivity index (χ1v) is 7.20. The lowest BCUT2D eigenvalue weighted by atomic mass is 10.1. The Labute approximate surface area is 116 Å². The highest BCUT2D eigenvalue weighted by Crippen LogP contribution is 2.26. The second kappa shape index (κ2) is 5.11. The van der Waals surface area contributed by atoms with Gasteiger partial charge in [-0.05, 0) is 30.2 Å². The Bertz CT molecular complexity index is 688. The predicted octanol–water partition coefficient (Wildman–Crippen LogP) is 3.85. The molecule has 0 radical (unpaired) electrons. The van der Waals surface area contributed by atoms with E-state index < -0.39 is 0 Å². The van der Waals surface area contributed by atoms with Crippen molar-refractivity contribution in [2.75, 3.05) is 0 Å². The molecule has 19 heavy (non-hydrogen) atoms. The van der Waals surface area contributed by atoms with E-state index in [-0.39, 0.29) is 6.04 Å². The maximum Gasteiger partial charge on any atom is 0.0957 e. The average Bonchev–Trinajstić information content (AvgIpc) is 2.81. The van der Waals surface area contributed by atoms with Gasteiger partial charge < -0.3 is 5.73 Å². The smallest absolute Gasteiger partial charge is 0.0957 e. The summed E-state index contributed by atoms with van der Waals surface area (Å²) in [6, 6.07) is 16.6. The van der Waals surface area contributed by atoms with E-state index in [0.717, 1.165) is 22.5 Å². The van der Waals surface area contributed by atoms with Crippen molar-refractivity contribution in [3.63, 3.8) is 0 Å². The van der Waals surface area contributed by atoms with Gasteiger partial charge >= 0.3 is 0 Å². The topological polar surface area (TPSA) is 38.9 Å². The maximum atomic E-state index is 6.25. The number of aryl methyl sites for hydroxylation is 1. The van der Waals surface area contributed by atoms with Crippen LogP contribution < -0.4 is 5.73 Å². The first-order valence-electron chi connectivity index (χ1n) is 6.39. The summed E-state index contributed by atoms with van der Waals surface area (Å²) in [5, 5.41) is 1.11. The van der Waals surface area contributed by atoms with E-state index in [9.17, 15) is 0 Å². The van der Waals surface area contributed by atoms with Crippen LogP contribution in [-0.2, 0) is 6.42 Å². The molecule has 0 bridgehead atoms. The zero-order valence-electron chi connectivity index (χ0n) is 10.8. The molecular formula is C16H16N2S. The maximum absolute atomic E-state index is 6.25. The van der Waals surface area contributed by atoms with Crippen LogP contribution in [0.2, 0.25) is 0 Å². The van der Waals surface area contributed by atoms with Gasteiger partial charge in [0.1, 0.15) is 0 Å². The van der Waals surface area contributed by atoms with Crippen LogP contribution in [0.3, 0.4) is 0 Å². The number of hydrogen-bond acceptors (Lipinski definition) is 3. The van der Waals surface area contributed by atoms with Gasteiger partial charge in [0.25, 0.3) is 0 Å². The Kier molecular flexibility index (Phi) is 3.32. The van der Waals surface area contributed by atoms with Crippen molar-refractivity contribution in [2.45, 2.75) is 19.4 Å². The summed E-state index contributed by atoms with van der Waals surface area (Å²) >= 11 is 1.74. The third kappa shape index (κ3) is 2.67. The number of aromatic nitrogens is 1. The lowest BCUT2D eigenvalue weighted by Crippen LogP contribution is -2.12. The quantitative estimate of drug-likeness (QED) is 0.783. The van der Waals surface area contributed by atoms with Crippen LogP contribution in [0.25, 0.3) is 10.2 Å². The minimum absolute atomic E-state index is 0.0165. The van der Waals surface area contributed by atoms with E-state index in [1.807, 2.05) is 18.2 Å². The van der Waals surface area contributed by atoms with Crippen molar-refractivity contribution in [3.8, 4) is 0 Å². The standard InChI is InChI=1S/C16H16N2S/c1-11-7-8-15-14(9-11)18-16(19-15)10-13(17)12-5-3-2-4-6-12/h2-9,13H,10,17H2,1H3. The average molecular weight is 268 g/mol. The number of nitrogens with zero attached hydrogens (tertiary/aromatic N) is 1. The van der Waals surface area contributed by atoms with Gasteiger partial charge in [0.2, 0.25) is 0 Å². The third-order valence-electron chi connectivity index (χ3n) is 3.21. The van der Waals surface area contributed by atoms with Gasteiger partial charge in [0, 0.05) is 12.5 Å². The SMILES string of the molecule is Cc1ccc2sc(CC(N)c3ccccc3)nc2c1. The van der Waals surface area contributed by atoms with E-state index in [1.165, 1.54) is 10.3 Å². The van der Waals surface area contributed by atoms with E-state index in [2.05, 4.69) is 42.2 Å². The van der Waals surface area contributed by atoms with Crippen molar-refractivity contribution in [1.82, 2.24) is 4.98 Å². The Hall–Kier alpha value is -1.71. The number of rotatable bonds is 3. The summed E-state index contributed by atoms with van der Waals surface area (Å²) in [4.78, 5) is 4.68. The second-order valence-electron chi connectivity index (χ2n) is 4.80. The molecular weight excluding hydrogens is 252 g/mol. The van der Waals surface area contributed by atoms with E-state index in [0.29, 0.717) is 0 Å². The molecule has 1 aromatic heterocycles. The molecule has 3 heteroatoms. The van der Waals surface area contributed by atoms with Gasteiger partial charge in [-0.25, -0.2) is 4.98 Å². The largest absolute Gasteiger partial charge is 0.324 e. The van der Waals surface area contributed by atoms with Crippen LogP contribution in [0.5, 0.6) is 0 Å². The van der Waals surface area contributed by atoms with Crippen molar-refractivity contribution in [1.29, 1.82) is 0 Å². The van der Waals surface area contributed by atoms with E-state index in [1.54, 1.807) is 11.3 Å². The lowest BCUT2D eigenvalue weighted by Gasteiger charge is -2.09. The summed E-state index contributed by atoms with van der Waals surface area (Å²) in [6.45, 7) is 2.09. The van der Waals surface area contributed by atoms with Crippen LogP contribution in [0, 0.1) is 6.92 Å². The van der Waals surface area contributed by atoms with Gasteiger partial charge in [0.15, 0.2) is 0 Å². The Morgan fingerprint density at radius 2 is 1.95 bits per heavy atom. The minimum atomic E-state index is 0.0165. The summed E-state index contributed by atoms with van der Waals surface area (Å²) < 4.78 is 1.24. The molecule has 0 saturated carbocycles. The summed E-state index contributed by atoms with van der Waals surface area (Å²) in [5.74, 6) is 0. The van der Waals surface area contributed by atoms with Crippen molar-refractivity contribution in [3.05, 3.63) is 64.7 Å². The predicted molar refractivity (Wildman–Crippen MR) is 81.4 cm³/mol. The summed E-state index contributed by atoms with van der Waals surface area (Å²) in [5.41, 5.74) is 9.74. The number of benzene rings is 2. The molecule has 1 unspecified atom stereocenters. The fraction of sp³-hybridized carbons (Fsp3) is 0.188. The molecule has 0 aliphatic rings. The first-order chi connectivity index (χ1) is 9.22. The fourth-order valence-electron chi connectivity index (χ4n) is 2.18. The van der Waals surface area contributed by atoms with Crippen LogP contribution in [-0.4, -0.2) is 4.98 Å². The third-order valence-corrected chi connectivity index (χ3v) is 4.27. The molecule has 1 atom stereocenters. The highest BCUT2D eigenvalue weighted by Gasteiger charge is 2.10. The van der Waals surface area contributed by atoms with Crippen molar-refractivity contribution < 1.29 is 0 Å². The van der Waals surface area contributed by atoms with Crippen LogP contribution >= 0.6 is 11.3 Å². The lowest BCUT2D eigenvalue weighted by molar-refractivity contribution is 0.719. The number of nitrogens with two attached hydrogens (primary N) is 1. The van der Waals surface area contributed by atoms with Crippen LogP contribution in [0.15, 0.2) is 48.5 Å². The van der Waals surface area contributed by atoms with Gasteiger partial charge in [-0.3, -0.25) is 0 Å². The molecule has 0 spiro atoms. The van der Waals surface area contributed by atoms with Gasteiger partial charge in [0.05, 0.1) is 15.2 Å². The molecule has 1 heterocycles. The van der Waals surface area contributed by atoms with Gasteiger partial charge in [-0.2, -0.15) is 0 Å². The molecule has 0 fully saturated rings. The van der Waals surface area contributed by atoms with Crippen molar-refractivity contribution in [2.24, 2.45) is 5.73 Å². The normalized spacial score (nSPS) is 12.7. The van der Waals surface area contributed by atoms with Gasteiger partial charge in [-0.1, -0.05) is 36.4 Å². The molecule has 0 amide bonds. The van der Waals surface area contributed by atoms with Gasteiger partial charge in [-0.15, -0.1) is 11.3 Å². The van der Waals surface area contributed by atoms with E-state index >= 15 is 0 Å². The van der Waals surface area contributed by atoms with Crippen molar-refractivity contribution >= 4 is 21.6 Å². The molecule has 2 aromatic carbocycles. The van der Waals surface area contributed by atoms with Crippen LogP contribution in [0.1, 0.15) is 22.2 Å². The Morgan fingerprint density at radius 3 is 2.74 bits per heavy atom. The highest BCUT2D eigenvalue weighted by atomic mass is 32.1.